The SMILES string of the molecule is CCCCC=CC(=O)F. The first-order valence-corrected chi connectivity index (χ1v) is 3.13. The van der Waals surface area contributed by atoms with Crippen molar-refractivity contribution in [1.82, 2.24) is 0 Å². The van der Waals surface area contributed by atoms with E-state index in [2.05, 4.69) is 0 Å². The van der Waals surface area contributed by atoms with Gasteiger partial charge in [0.1, 0.15) is 0 Å². The maximum Gasteiger partial charge on any atom is 0.324 e. The van der Waals surface area contributed by atoms with Gasteiger partial charge in [0.2, 0.25) is 0 Å². The number of carbonyl (C=O) groups is 1. The lowest BCUT2D eigenvalue weighted by Gasteiger charge is -1.84. The van der Waals surface area contributed by atoms with Crippen LogP contribution >= 0.6 is 0 Å². The van der Waals surface area contributed by atoms with E-state index in [-0.39, 0.29) is 0 Å². The predicted octanol–water partition coefficient (Wildman–Crippen LogP) is 2.23. The van der Waals surface area contributed by atoms with E-state index < -0.39 is 6.04 Å². The largest absolute Gasteiger partial charge is 0.324 e. The fraction of sp³-hybridized carbons (Fsp3) is 0.571. The number of hydrogen-bond acceptors (Lipinski definition) is 1. The molecule has 0 N–H and O–H groups in total. The quantitative estimate of drug-likeness (QED) is 0.324. The molecule has 0 amide bonds. The molecular formula is C7H11FO. The molecule has 0 aliphatic carbocycles. The molecule has 0 spiro atoms. The van der Waals surface area contributed by atoms with E-state index in [1.165, 1.54) is 0 Å². The van der Waals surface area contributed by atoms with Crippen LogP contribution in [0.2, 0.25) is 0 Å². The van der Waals surface area contributed by atoms with Crippen molar-refractivity contribution in [2.24, 2.45) is 0 Å². The topological polar surface area (TPSA) is 17.1 Å². The molecule has 0 bridgehead atoms. The fourth-order valence-corrected chi connectivity index (χ4v) is 0.498. The van der Waals surface area contributed by atoms with Gasteiger partial charge in [0.05, 0.1) is 0 Å². The van der Waals surface area contributed by atoms with E-state index in [9.17, 15) is 9.18 Å². The Morgan fingerprint density at radius 1 is 1.67 bits per heavy atom. The number of allylic oxidation sites excluding steroid dienone is 2. The van der Waals surface area contributed by atoms with Gasteiger partial charge in [0, 0.05) is 6.08 Å². The van der Waals surface area contributed by atoms with Gasteiger partial charge in [-0.05, 0) is 6.42 Å². The summed E-state index contributed by atoms with van der Waals surface area (Å²) in [6.45, 7) is 2.05. The van der Waals surface area contributed by atoms with E-state index >= 15 is 0 Å². The monoisotopic (exact) mass is 130 g/mol. The Morgan fingerprint density at radius 3 is 2.78 bits per heavy atom. The highest BCUT2D eigenvalue weighted by Gasteiger charge is 1.84. The number of hydrogen-bond donors (Lipinski definition) is 0. The molecule has 0 aromatic carbocycles. The van der Waals surface area contributed by atoms with E-state index in [1.54, 1.807) is 6.08 Å². The van der Waals surface area contributed by atoms with Crippen molar-refractivity contribution in [3.63, 3.8) is 0 Å². The Kier molecular flexibility index (Phi) is 5.07. The van der Waals surface area contributed by atoms with Gasteiger partial charge in [-0.25, -0.2) is 0 Å². The lowest BCUT2D eigenvalue weighted by molar-refractivity contribution is -0.124. The molecule has 0 atom stereocenters. The van der Waals surface area contributed by atoms with E-state index in [1.807, 2.05) is 6.92 Å². The molecular weight excluding hydrogens is 119 g/mol. The Hall–Kier alpha value is -0.660. The number of halogens is 1. The standard InChI is InChI=1S/C7H11FO/c1-2-3-4-5-6-7(8)9/h5-6H,2-4H2,1H3. The van der Waals surface area contributed by atoms with Crippen molar-refractivity contribution >= 4 is 6.04 Å². The molecule has 1 nitrogen and oxygen atoms in total. The molecule has 0 radical (unpaired) electrons. The molecule has 0 aliphatic rings. The Labute approximate surface area is 54.6 Å². The summed E-state index contributed by atoms with van der Waals surface area (Å²) in [6, 6.07) is -1.36. The minimum atomic E-state index is -1.36. The summed E-state index contributed by atoms with van der Waals surface area (Å²) in [5.74, 6) is 0. The lowest BCUT2D eigenvalue weighted by atomic mass is 10.2. The van der Waals surface area contributed by atoms with Crippen molar-refractivity contribution in [3.05, 3.63) is 12.2 Å². The van der Waals surface area contributed by atoms with Crippen LogP contribution in [-0.4, -0.2) is 6.04 Å². The van der Waals surface area contributed by atoms with Crippen LogP contribution in [0.15, 0.2) is 12.2 Å². The second-order valence-corrected chi connectivity index (χ2v) is 1.85. The number of unbranched alkanes of at least 4 members (excludes halogenated alkanes) is 2. The zero-order valence-corrected chi connectivity index (χ0v) is 5.56. The zero-order valence-electron chi connectivity index (χ0n) is 5.56. The van der Waals surface area contributed by atoms with Crippen LogP contribution in [0.5, 0.6) is 0 Å². The Morgan fingerprint density at radius 2 is 2.33 bits per heavy atom. The molecule has 0 aliphatic heterocycles. The van der Waals surface area contributed by atoms with Gasteiger partial charge < -0.3 is 0 Å². The molecule has 2 heteroatoms. The van der Waals surface area contributed by atoms with Crippen molar-refractivity contribution in [3.8, 4) is 0 Å². The Balaban J connectivity index is 3.15. The van der Waals surface area contributed by atoms with Gasteiger partial charge in [-0.15, -0.1) is 0 Å². The second kappa shape index (κ2) is 5.48. The van der Waals surface area contributed by atoms with Crippen LogP contribution in [0.4, 0.5) is 4.39 Å². The van der Waals surface area contributed by atoms with Crippen LogP contribution in [0.1, 0.15) is 26.2 Å². The van der Waals surface area contributed by atoms with Crippen LogP contribution in [-0.2, 0) is 4.79 Å². The summed E-state index contributed by atoms with van der Waals surface area (Å²) in [5.41, 5.74) is 0. The molecule has 0 unspecified atom stereocenters. The third kappa shape index (κ3) is 7.34. The molecule has 0 saturated heterocycles. The van der Waals surface area contributed by atoms with Gasteiger partial charge in [-0.3, -0.25) is 4.79 Å². The lowest BCUT2D eigenvalue weighted by Crippen LogP contribution is -1.76. The smallest absolute Gasteiger partial charge is 0.256 e. The van der Waals surface area contributed by atoms with Gasteiger partial charge in [0.25, 0.3) is 0 Å². The highest BCUT2D eigenvalue weighted by Crippen LogP contribution is 1.94. The van der Waals surface area contributed by atoms with E-state index in [0.29, 0.717) is 0 Å². The molecule has 9 heavy (non-hydrogen) atoms. The minimum absolute atomic E-state index is 0.798. The fourth-order valence-electron chi connectivity index (χ4n) is 0.498. The highest BCUT2D eigenvalue weighted by molar-refractivity contribution is 5.80. The van der Waals surface area contributed by atoms with Gasteiger partial charge >= 0.3 is 6.04 Å². The highest BCUT2D eigenvalue weighted by atomic mass is 19.1. The average Bonchev–Trinajstić information content (AvgIpc) is 1.80. The molecule has 0 saturated carbocycles. The predicted molar refractivity (Wildman–Crippen MR) is 34.8 cm³/mol. The normalized spacial score (nSPS) is 10.4. The second-order valence-electron chi connectivity index (χ2n) is 1.85. The number of rotatable bonds is 4. The van der Waals surface area contributed by atoms with Crippen molar-refractivity contribution in [2.75, 3.05) is 0 Å². The molecule has 0 aromatic heterocycles. The summed E-state index contributed by atoms with van der Waals surface area (Å²) in [4.78, 5) is 9.65. The third-order valence-electron chi connectivity index (χ3n) is 0.973. The molecule has 0 aromatic rings. The van der Waals surface area contributed by atoms with Crippen molar-refractivity contribution in [2.45, 2.75) is 26.2 Å². The van der Waals surface area contributed by atoms with Gasteiger partial charge in [-0.1, -0.05) is 25.8 Å². The number of carbonyl (C=O) groups excluding carboxylic acids is 1. The van der Waals surface area contributed by atoms with E-state index in [4.69, 9.17) is 0 Å². The van der Waals surface area contributed by atoms with Gasteiger partial charge in [0.15, 0.2) is 0 Å². The molecule has 0 heterocycles. The maximum atomic E-state index is 11.4. The first-order valence-electron chi connectivity index (χ1n) is 3.13. The van der Waals surface area contributed by atoms with Crippen LogP contribution in [0.25, 0.3) is 0 Å². The average molecular weight is 130 g/mol. The van der Waals surface area contributed by atoms with Crippen LogP contribution < -0.4 is 0 Å². The van der Waals surface area contributed by atoms with Crippen LogP contribution in [0.3, 0.4) is 0 Å². The molecule has 0 rings (SSSR count). The summed E-state index contributed by atoms with van der Waals surface area (Å²) in [5, 5.41) is 0. The van der Waals surface area contributed by atoms with Crippen molar-refractivity contribution in [1.29, 1.82) is 0 Å². The van der Waals surface area contributed by atoms with Gasteiger partial charge in [-0.2, -0.15) is 4.39 Å². The van der Waals surface area contributed by atoms with E-state index in [0.717, 1.165) is 25.3 Å². The summed E-state index contributed by atoms with van der Waals surface area (Å²) in [7, 11) is 0. The summed E-state index contributed by atoms with van der Waals surface area (Å²) in [6.07, 6.45) is 5.42. The Bertz CT molecular complexity index is 107. The van der Waals surface area contributed by atoms with Crippen molar-refractivity contribution < 1.29 is 9.18 Å². The third-order valence-corrected chi connectivity index (χ3v) is 0.973. The molecule has 0 fully saturated rings. The maximum absolute atomic E-state index is 11.4. The minimum Gasteiger partial charge on any atom is -0.256 e. The first-order chi connectivity index (χ1) is 4.27. The first kappa shape index (κ1) is 8.34. The van der Waals surface area contributed by atoms with Crippen LogP contribution in [0, 0.1) is 0 Å². The summed E-state index contributed by atoms with van der Waals surface area (Å²) < 4.78 is 11.4. The summed E-state index contributed by atoms with van der Waals surface area (Å²) >= 11 is 0. The molecule has 52 valence electrons. The zero-order chi connectivity index (χ0) is 7.11.